The van der Waals surface area contributed by atoms with Crippen molar-refractivity contribution in [2.24, 2.45) is 0 Å². The summed E-state index contributed by atoms with van der Waals surface area (Å²) in [5.74, 6) is -1.26. The lowest BCUT2D eigenvalue weighted by molar-refractivity contribution is -0.138. The number of carbonyl (C=O) groups is 2. The van der Waals surface area contributed by atoms with Crippen molar-refractivity contribution in [3.05, 3.63) is 70.3 Å². The van der Waals surface area contributed by atoms with Crippen LogP contribution in [0, 0.1) is 6.92 Å². The number of aromatic nitrogens is 1. The summed E-state index contributed by atoms with van der Waals surface area (Å²) in [6.45, 7) is 1.90. The summed E-state index contributed by atoms with van der Waals surface area (Å²) in [7, 11) is 0. The molecule has 0 aliphatic carbocycles. The van der Waals surface area contributed by atoms with E-state index in [1.54, 1.807) is 30.3 Å². The van der Waals surface area contributed by atoms with Crippen molar-refractivity contribution < 1.29 is 14.7 Å². The molecule has 0 fully saturated rings. The molecule has 0 unspecified atom stereocenters. The second kappa shape index (κ2) is 8.54. The van der Waals surface area contributed by atoms with Crippen LogP contribution < -0.4 is 5.32 Å². The molecule has 0 saturated carbocycles. The number of aliphatic carboxylic acids is 1. The number of halogens is 1. The number of amides is 1. The maximum Gasteiger partial charge on any atom is 0.327 e. The summed E-state index contributed by atoms with van der Waals surface area (Å²) >= 11 is 4.85. The highest BCUT2D eigenvalue weighted by atomic mass is 79.9. The number of carboxylic acids is 1. The SMILES string of the molecule is Cc1cc(SC[C@H](NC(=O)c2ccccc2)C(=O)O)c2cc(Br)ccc2n1. The smallest absolute Gasteiger partial charge is 0.327 e. The van der Waals surface area contributed by atoms with Crippen LogP contribution in [-0.4, -0.2) is 33.8 Å². The first-order valence-electron chi connectivity index (χ1n) is 8.22. The topological polar surface area (TPSA) is 79.3 Å². The monoisotopic (exact) mass is 444 g/mol. The van der Waals surface area contributed by atoms with Crippen LogP contribution in [0.1, 0.15) is 16.1 Å². The predicted octanol–water partition coefficient (Wildman–Crippen LogP) is 4.28. The number of carboxylic acid groups (broad SMARTS) is 1. The first-order valence-corrected chi connectivity index (χ1v) is 10.0. The van der Waals surface area contributed by atoms with Gasteiger partial charge in [-0.25, -0.2) is 4.79 Å². The normalized spacial score (nSPS) is 11.9. The lowest BCUT2D eigenvalue weighted by atomic mass is 10.2. The minimum absolute atomic E-state index is 0.207. The fourth-order valence-electron chi connectivity index (χ4n) is 2.59. The van der Waals surface area contributed by atoms with Crippen LogP contribution >= 0.6 is 27.7 Å². The largest absolute Gasteiger partial charge is 0.480 e. The van der Waals surface area contributed by atoms with E-state index in [-0.39, 0.29) is 5.75 Å². The van der Waals surface area contributed by atoms with Gasteiger partial charge in [0.2, 0.25) is 0 Å². The van der Waals surface area contributed by atoms with Crippen LogP contribution in [0.3, 0.4) is 0 Å². The molecule has 1 heterocycles. The molecule has 1 atom stereocenters. The molecule has 0 aliphatic rings. The molecule has 2 aromatic carbocycles. The van der Waals surface area contributed by atoms with Gasteiger partial charge in [-0.2, -0.15) is 0 Å². The zero-order valence-corrected chi connectivity index (χ0v) is 16.9. The Hall–Kier alpha value is -2.38. The Balaban J connectivity index is 1.79. The Kier molecular flexibility index (Phi) is 6.13. The van der Waals surface area contributed by atoms with Gasteiger partial charge in [0.15, 0.2) is 0 Å². The number of carbonyl (C=O) groups excluding carboxylic acids is 1. The minimum atomic E-state index is -1.07. The lowest BCUT2D eigenvalue weighted by Crippen LogP contribution is -2.42. The highest BCUT2D eigenvalue weighted by molar-refractivity contribution is 9.10. The molecule has 7 heteroatoms. The summed E-state index contributed by atoms with van der Waals surface area (Å²) in [6, 6.07) is 15.3. The summed E-state index contributed by atoms with van der Waals surface area (Å²) in [5, 5.41) is 13.0. The number of hydrogen-bond acceptors (Lipinski definition) is 4. The number of nitrogens with zero attached hydrogens (tertiary/aromatic N) is 1. The second-order valence-corrected chi connectivity index (χ2v) is 7.94. The van der Waals surface area contributed by atoms with E-state index in [1.165, 1.54) is 11.8 Å². The van der Waals surface area contributed by atoms with Gasteiger partial charge in [0.1, 0.15) is 6.04 Å². The van der Waals surface area contributed by atoms with Gasteiger partial charge in [0.25, 0.3) is 5.91 Å². The van der Waals surface area contributed by atoms with E-state index in [1.807, 2.05) is 31.2 Å². The van der Waals surface area contributed by atoms with E-state index in [2.05, 4.69) is 26.2 Å². The molecule has 5 nitrogen and oxygen atoms in total. The summed E-state index contributed by atoms with van der Waals surface area (Å²) in [4.78, 5) is 29.3. The van der Waals surface area contributed by atoms with Gasteiger partial charge in [-0.3, -0.25) is 9.78 Å². The van der Waals surface area contributed by atoms with Gasteiger partial charge in [-0.1, -0.05) is 34.1 Å². The van der Waals surface area contributed by atoms with E-state index >= 15 is 0 Å². The predicted molar refractivity (Wildman–Crippen MR) is 110 cm³/mol. The molecule has 0 spiro atoms. The van der Waals surface area contributed by atoms with Crippen molar-refractivity contribution in [1.29, 1.82) is 0 Å². The molecule has 1 amide bonds. The highest BCUT2D eigenvalue weighted by Crippen LogP contribution is 2.30. The molecule has 0 aliphatic heterocycles. The molecule has 1 aromatic heterocycles. The Morgan fingerprint density at radius 1 is 1.19 bits per heavy atom. The fraction of sp³-hybridized carbons (Fsp3) is 0.150. The van der Waals surface area contributed by atoms with E-state index in [9.17, 15) is 14.7 Å². The zero-order valence-electron chi connectivity index (χ0n) is 14.5. The van der Waals surface area contributed by atoms with Crippen molar-refractivity contribution in [3.8, 4) is 0 Å². The van der Waals surface area contributed by atoms with Crippen LogP contribution in [0.25, 0.3) is 10.9 Å². The van der Waals surface area contributed by atoms with E-state index in [0.717, 1.165) is 26.0 Å². The lowest BCUT2D eigenvalue weighted by Gasteiger charge is -2.15. The number of nitrogens with one attached hydrogen (secondary N) is 1. The van der Waals surface area contributed by atoms with E-state index in [4.69, 9.17) is 0 Å². The molecular formula is C20H17BrN2O3S. The average molecular weight is 445 g/mol. The number of aryl methyl sites for hydroxylation is 1. The third-order valence-corrected chi connectivity index (χ3v) is 5.55. The fourth-order valence-corrected chi connectivity index (χ4v) is 4.10. The van der Waals surface area contributed by atoms with Crippen LogP contribution in [0.4, 0.5) is 0 Å². The number of benzene rings is 2. The molecule has 0 bridgehead atoms. The number of rotatable bonds is 6. The highest BCUT2D eigenvalue weighted by Gasteiger charge is 2.21. The van der Waals surface area contributed by atoms with Gasteiger partial charge in [-0.15, -0.1) is 11.8 Å². The van der Waals surface area contributed by atoms with Gasteiger partial charge < -0.3 is 10.4 Å². The van der Waals surface area contributed by atoms with Crippen LogP contribution in [0.15, 0.2) is 64.0 Å². The maximum atomic E-state index is 12.3. The Bertz CT molecular complexity index is 995. The molecule has 3 aromatic rings. The van der Waals surface area contributed by atoms with Crippen LogP contribution in [-0.2, 0) is 4.79 Å². The molecule has 2 N–H and O–H groups in total. The summed E-state index contributed by atoms with van der Waals surface area (Å²) < 4.78 is 0.926. The van der Waals surface area contributed by atoms with Crippen LogP contribution in [0.5, 0.6) is 0 Å². The summed E-state index contributed by atoms with van der Waals surface area (Å²) in [6.07, 6.45) is 0. The Morgan fingerprint density at radius 3 is 2.63 bits per heavy atom. The average Bonchev–Trinajstić information content (AvgIpc) is 2.65. The van der Waals surface area contributed by atoms with E-state index in [0.29, 0.717) is 5.56 Å². The zero-order chi connectivity index (χ0) is 19.4. The Labute approximate surface area is 169 Å². The van der Waals surface area contributed by atoms with Crippen molar-refractivity contribution in [3.63, 3.8) is 0 Å². The molecular weight excluding hydrogens is 428 g/mol. The van der Waals surface area contributed by atoms with Gasteiger partial charge >= 0.3 is 5.97 Å². The molecule has 0 saturated heterocycles. The molecule has 138 valence electrons. The van der Waals surface area contributed by atoms with Gasteiger partial charge in [0, 0.05) is 31.8 Å². The first-order chi connectivity index (χ1) is 12.9. The van der Waals surface area contributed by atoms with Crippen molar-refractivity contribution in [2.45, 2.75) is 17.9 Å². The van der Waals surface area contributed by atoms with Crippen molar-refractivity contribution in [2.75, 3.05) is 5.75 Å². The number of hydrogen-bond donors (Lipinski definition) is 2. The third kappa shape index (κ3) is 4.87. The van der Waals surface area contributed by atoms with Gasteiger partial charge in [0.05, 0.1) is 5.52 Å². The maximum absolute atomic E-state index is 12.3. The Morgan fingerprint density at radius 2 is 1.93 bits per heavy atom. The third-order valence-electron chi connectivity index (χ3n) is 3.91. The standard InChI is InChI=1S/C20H17BrN2O3S/c1-12-9-18(15-10-14(21)7-8-16(15)22-12)27-11-17(20(25)26)23-19(24)13-5-3-2-4-6-13/h2-10,17H,11H2,1H3,(H,23,24)(H,25,26)/t17-/m0/s1. The molecule has 27 heavy (non-hydrogen) atoms. The molecule has 0 radical (unpaired) electrons. The number of thioether (sulfide) groups is 1. The number of pyridine rings is 1. The van der Waals surface area contributed by atoms with Crippen molar-refractivity contribution >= 4 is 50.5 Å². The van der Waals surface area contributed by atoms with Gasteiger partial charge in [-0.05, 0) is 43.3 Å². The number of fused-ring (bicyclic) bond motifs is 1. The molecule has 3 rings (SSSR count). The quantitative estimate of drug-likeness (QED) is 0.554. The minimum Gasteiger partial charge on any atom is -0.480 e. The van der Waals surface area contributed by atoms with E-state index < -0.39 is 17.9 Å². The second-order valence-electron chi connectivity index (χ2n) is 5.96. The first kappa shape index (κ1) is 19.4. The summed E-state index contributed by atoms with van der Waals surface area (Å²) in [5.41, 5.74) is 2.14. The van der Waals surface area contributed by atoms with Crippen molar-refractivity contribution in [1.82, 2.24) is 10.3 Å². The van der Waals surface area contributed by atoms with Crippen LogP contribution in [0.2, 0.25) is 0 Å².